The average molecular weight is 544 g/mol. The van der Waals surface area contributed by atoms with Gasteiger partial charge in [0, 0.05) is 12.8 Å². The van der Waals surface area contributed by atoms with Crippen molar-refractivity contribution in [1.82, 2.24) is 16.0 Å². The fourth-order valence-corrected chi connectivity index (χ4v) is 3.78. The lowest BCUT2D eigenvalue weighted by molar-refractivity contribution is -0.142. The minimum absolute atomic E-state index is 0.0161. The van der Waals surface area contributed by atoms with Gasteiger partial charge in [0.25, 0.3) is 0 Å². The van der Waals surface area contributed by atoms with Gasteiger partial charge in [0.15, 0.2) is 0 Å². The minimum Gasteiger partial charge on any atom is -0.508 e. The minimum atomic E-state index is -1.38. The Hall–Kier alpha value is -4.00. The van der Waals surface area contributed by atoms with Gasteiger partial charge in [0.05, 0.1) is 12.6 Å². The van der Waals surface area contributed by atoms with Crippen LogP contribution in [0.2, 0.25) is 0 Å². The van der Waals surface area contributed by atoms with Crippen LogP contribution in [-0.2, 0) is 32.0 Å². The molecule has 0 bridgehead atoms. The molecule has 0 radical (unpaired) electrons. The van der Waals surface area contributed by atoms with Crippen molar-refractivity contribution < 1.29 is 34.5 Å². The number of hydrogen-bond acceptors (Lipinski definition) is 8. The first-order valence-corrected chi connectivity index (χ1v) is 12.7. The molecule has 0 spiro atoms. The summed E-state index contributed by atoms with van der Waals surface area (Å²) < 4.78 is 0. The summed E-state index contributed by atoms with van der Waals surface area (Å²) in [6.07, 6.45) is 1.61. The maximum Gasteiger partial charge on any atom is 0.326 e. The summed E-state index contributed by atoms with van der Waals surface area (Å²) in [6, 6.07) is 9.82. The molecule has 4 unspecified atom stereocenters. The number of unbranched alkanes of at least 4 members (excludes halogenated alkanes) is 1. The summed E-state index contributed by atoms with van der Waals surface area (Å²) >= 11 is 0. The van der Waals surface area contributed by atoms with Crippen LogP contribution in [0.3, 0.4) is 0 Å². The number of carbonyl (C=O) groups excluding carboxylic acids is 3. The Labute approximate surface area is 226 Å². The van der Waals surface area contributed by atoms with E-state index < -0.39 is 54.5 Å². The van der Waals surface area contributed by atoms with E-state index in [9.17, 15) is 34.5 Å². The van der Waals surface area contributed by atoms with E-state index in [1.165, 1.54) is 24.3 Å². The summed E-state index contributed by atoms with van der Waals surface area (Å²) in [5.74, 6) is -3.50. The Kier molecular flexibility index (Phi) is 12.9. The molecule has 0 heterocycles. The maximum atomic E-state index is 13.2. The number of hydrogen-bond donors (Lipinski definition) is 8. The zero-order valence-electron chi connectivity index (χ0n) is 21.6. The van der Waals surface area contributed by atoms with Gasteiger partial charge < -0.3 is 42.7 Å². The molecule has 2 aromatic carbocycles. The Morgan fingerprint density at radius 2 is 1.28 bits per heavy atom. The number of carboxylic acids is 1. The number of nitrogens with two attached hydrogens (primary N) is 2. The highest BCUT2D eigenvalue weighted by Gasteiger charge is 2.30. The highest BCUT2D eigenvalue weighted by Crippen LogP contribution is 2.12. The topological polar surface area (TPSA) is 217 Å². The van der Waals surface area contributed by atoms with Gasteiger partial charge >= 0.3 is 5.97 Å². The van der Waals surface area contributed by atoms with Crippen LogP contribution in [0.5, 0.6) is 5.75 Å². The number of rotatable bonds is 16. The molecule has 0 aliphatic heterocycles. The first-order chi connectivity index (χ1) is 18.6. The van der Waals surface area contributed by atoms with Gasteiger partial charge in [0.2, 0.25) is 17.7 Å². The lowest BCUT2D eigenvalue weighted by atomic mass is 10.0. The fraction of sp³-hybridized carbons (Fsp3) is 0.407. The number of carbonyl (C=O) groups is 4. The molecular weight excluding hydrogens is 506 g/mol. The number of phenolic OH excluding ortho intramolecular Hbond substituents is 1. The van der Waals surface area contributed by atoms with Gasteiger partial charge in [0.1, 0.15) is 23.9 Å². The molecular formula is C27H37N5O7. The van der Waals surface area contributed by atoms with Gasteiger partial charge in [-0.05, 0) is 42.6 Å². The predicted molar refractivity (Wildman–Crippen MR) is 143 cm³/mol. The largest absolute Gasteiger partial charge is 0.508 e. The van der Waals surface area contributed by atoms with Gasteiger partial charge in [-0.3, -0.25) is 14.4 Å². The quantitative estimate of drug-likeness (QED) is 0.124. The molecule has 2 rings (SSSR count). The lowest BCUT2D eigenvalue weighted by Crippen LogP contribution is -2.58. The molecule has 212 valence electrons. The van der Waals surface area contributed by atoms with E-state index in [0.717, 1.165) is 0 Å². The van der Waals surface area contributed by atoms with Crippen LogP contribution in [0.25, 0.3) is 0 Å². The van der Waals surface area contributed by atoms with Crippen molar-refractivity contribution in [2.45, 2.75) is 56.3 Å². The number of aliphatic hydroxyl groups is 1. The lowest BCUT2D eigenvalue weighted by Gasteiger charge is -2.24. The van der Waals surface area contributed by atoms with E-state index in [1.54, 1.807) is 30.3 Å². The molecule has 12 heteroatoms. The van der Waals surface area contributed by atoms with Gasteiger partial charge in [-0.25, -0.2) is 4.79 Å². The number of carboxylic acid groups (broad SMARTS) is 1. The summed E-state index contributed by atoms with van der Waals surface area (Å²) in [5, 5.41) is 36.3. The fourth-order valence-electron chi connectivity index (χ4n) is 3.78. The molecule has 0 aromatic heterocycles. The molecule has 0 saturated carbocycles. The third-order valence-corrected chi connectivity index (χ3v) is 6.03. The third kappa shape index (κ3) is 10.7. The second kappa shape index (κ2) is 16.1. The second-order valence-electron chi connectivity index (χ2n) is 9.16. The van der Waals surface area contributed by atoms with Crippen molar-refractivity contribution in [2.75, 3.05) is 13.2 Å². The van der Waals surface area contributed by atoms with Gasteiger partial charge in [-0.1, -0.05) is 48.9 Å². The molecule has 0 fully saturated rings. The molecule has 0 saturated heterocycles. The van der Waals surface area contributed by atoms with E-state index in [0.29, 0.717) is 36.9 Å². The number of benzene rings is 2. The van der Waals surface area contributed by atoms with Crippen LogP contribution in [0.15, 0.2) is 54.6 Å². The van der Waals surface area contributed by atoms with E-state index >= 15 is 0 Å². The summed E-state index contributed by atoms with van der Waals surface area (Å²) in [6.45, 7) is -0.288. The highest BCUT2D eigenvalue weighted by molar-refractivity contribution is 5.94. The van der Waals surface area contributed by atoms with Crippen LogP contribution < -0.4 is 27.4 Å². The molecule has 0 aliphatic carbocycles. The Morgan fingerprint density at radius 1 is 0.744 bits per heavy atom. The monoisotopic (exact) mass is 543 g/mol. The first-order valence-electron chi connectivity index (χ1n) is 12.7. The molecule has 39 heavy (non-hydrogen) atoms. The van der Waals surface area contributed by atoms with Crippen LogP contribution >= 0.6 is 0 Å². The zero-order chi connectivity index (χ0) is 28.8. The molecule has 12 nitrogen and oxygen atoms in total. The van der Waals surface area contributed by atoms with Crippen molar-refractivity contribution in [2.24, 2.45) is 11.5 Å². The van der Waals surface area contributed by atoms with E-state index in [1.807, 2.05) is 0 Å². The number of amides is 3. The maximum absolute atomic E-state index is 13.2. The van der Waals surface area contributed by atoms with Crippen molar-refractivity contribution in [3.8, 4) is 5.75 Å². The number of aliphatic hydroxyl groups excluding tert-OH is 1. The van der Waals surface area contributed by atoms with E-state index in [4.69, 9.17) is 11.5 Å². The Balaban J connectivity index is 2.14. The molecule has 2 aromatic rings. The number of nitrogens with one attached hydrogen (secondary N) is 3. The predicted octanol–water partition coefficient (Wildman–Crippen LogP) is -0.835. The van der Waals surface area contributed by atoms with Crippen LogP contribution in [-0.4, -0.2) is 76.3 Å². The van der Waals surface area contributed by atoms with Crippen LogP contribution in [0.1, 0.15) is 30.4 Å². The summed E-state index contributed by atoms with van der Waals surface area (Å²) in [7, 11) is 0. The van der Waals surface area contributed by atoms with Crippen molar-refractivity contribution >= 4 is 23.7 Å². The molecule has 10 N–H and O–H groups in total. The van der Waals surface area contributed by atoms with Gasteiger partial charge in [-0.15, -0.1) is 0 Å². The number of aromatic hydroxyl groups is 1. The van der Waals surface area contributed by atoms with Crippen molar-refractivity contribution in [3.63, 3.8) is 0 Å². The second-order valence-corrected chi connectivity index (χ2v) is 9.16. The zero-order valence-corrected chi connectivity index (χ0v) is 21.6. The standard InChI is InChI=1S/C27H37N5O7/c28-13-5-4-8-20(29)24(35)32-23(16-33)26(37)30-21(14-17-6-2-1-3-7-17)25(36)31-22(27(38)39)15-18-9-11-19(34)12-10-18/h1-3,6-7,9-12,20-23,33-34H,4-5,8,13-16,28-29H2,(H,30,37)(H,31,36)(H,32,35)(H,38,39). The SMILES string of the molecule is NCCCCC(N)C(=O)NC(CO)C(=O)NC(Cc1ccccc1)C(=O)NC(Cc1ccc(O)cc1)C(=O)O. The van der Waals surface area contributed by atoms with Crippen LogP contribution in [0, 0.1) is 0 Å². The molecule has 0 aliphatic rings. The van der Waals surface area contributed by atoms with Crippen molar-refractivity contribution in [3.05, 3.63) is 65.7 Å². The van der Waals surface area contributed by atoms with E-state index in [-0.39, 0.29) is 18.6 Å². The normalized spacial score (nSPS) is 13.9. The summed E-state index contributed by atoms with van der Waals surface area (Å²) in [4.78, 5) is 50.5. The van der Waals surface area contributed by atoms with E-state index in [2.05, 4.69) is 16.0 Å². The number of aliphatic carboxylic acids is 1. The number of phenols is 1. The third-order valence-electron chi connectivity index (χ3n) is 6.03. The summed E-state index contributed by atoms with van der Waals surface area (Å²) in [5.41, 5.74) is 12.6. The molecule has 3 amide bonds. The average Bonchev–Trinajstić information content (AvgIpc) is 2.92. The Bertz CT molecular complexity index is 1080. The van der Waals surface area contributed by atoms with Crippen molar-refractivity contribution in [1.29, 1.82) is 0 Å². The first kappa shape index (κ1) is 31.2. The smallest absolute Gasteiger partial charge is 0.326 e. The molecule has 4 atom stereocenters. The highest BCUT2D eigenvalue weighted by atomic mass is 16.4. The van der Waals surface area contributed by atoms with Crippen LogP contribution in [0.4, 0.5) is 0 Å². The Morgan fingerprint density at radius 3 is 1.87 bits per heavy atom. The van der Waals surface area contributed by atoms with Gasteiger partial charge in [-0.2, -0.15) is 0 Å².